The standard InChI is InChI=1S/C38H48S2/c1-3-5-7-9-11-17-23-39-37-33-25-29-19-13-15-21-31(29)27-35(33)38(40-24-18-12-10-8-6-4-2)36-28-32-22-16-14-20-30(32)26-34(36)37/h13-16,19-22,25-28,37-38H,3-12,17-18,23-24H2,1-2H3. The van der Waals surface area contributed by atoms with Crippen molar-refractivity contribution in [3.05, 3.63) is 95.1 Å². The Hall–Kier alpha value is -1.90. The third-order valence-electron chi connectivity index (χ3n) is 8.60. The van der Waals surface area contributed by atoms with Gasteiger partial charge in [-0.2, -0.15) is 0 Å². The van der Waals surface area contributed by atoms with Crippen molar-refractivity contribution >= 4 is 45.1 Å². The van der Waals surface area contributed by atoms with Crippen LogP contribution in [0.2, 0.25) is 0 Å². The van der Waals surface area contributed by atoms with Crippen LogP contribution in [0.5, 0.6) is 0 Å². The molecule has 0 unspecified atom stereocenters. The lowest BCUT2D eigenvalue weighted by Gasteiger charge is -2.35. The first-order valence-electron chi connectivity index (χ1n) is 16.1. The molecule has 0 radical (unpaired) electrons. The Morgan fingerprint density at radius 3 is 1.05 bits per heavy atom. The van der Waals surface area contributed by atoms with Crippen molar-refractivity contribution in [2.45, 2.75) is 101 Å². The van der Waals surface area contributed by atoms with Crippen LogP contribution in [0.15, 0.2) is 72.8 Å². The van der Waals surface area contributed by atoms with E-state index >= 15 is 0 Å². The number of fused-ring (bicyclic) bond motifs is 4. The van der Waals surface area contributed by atoms with E-state index in [9.17, 15) is 0 Å². The molecule has 0 aromatic heterocycles. The van der Waals surface area contributed by atoms with Crippen molar-refractivity contribution in [2.75, 3.05) is 11.5 Å². The molecular weight excluding hydrogens is 521 g/mol. The molecule has 5 rings (SSSR count). The van der Waals surface area contributed by atoms with Crippen LogP contribution in [0.1, 0.15) is 124 Å². The van der Waals surface area contributed by atoms with E-state index in [0.29, 0.717) is 10.5 Å². The molecule has 0 N–H and O–H groups in total. The van der Waals surface area contributed by atoms with Crippen LogP contribution in [0.3, 0.4) is 0 Å². The second kappa shape index (κ2) is 15.4. The Bertz CT molecular complexity index is 1170. The fourth-order valence-corrected chi connectivity index (χ4v) is 9.07. The molecule has 4 aromatic rings. The van der Waals surface area contributed by atoms with Gasteiger partial charge in [0.2, 0.25) is 0 Å². The van der Waals surface area contributed by atoms with Crippen molar-refractivity contribution < 1.29 is 0 Å². The molecule has 0 fully saturated rings. The fraction of sp³-hybridized carbons (Fsp3) is 0.474. The lowest BCUT2D eigenvalue weighted by molar-refractivity contribution is 0.626. The van der Waals surface area contributed by atoms with Crippen LogP contribution < -0.4 is 0 Å². The number of hydrogen-bond acceptors (Lipinski definition) is 2. The van der Waals surface area contributed by atoms with Crippen LogP contribution >= 0.6 is 23.5 Å². The number of unbranched alkanes of at least 4 members (excludes halogenated alkanes) is 10. The van der Waals surface area contributed by atoms with Gasteiger partial charge in [-0.3, -0.25) is 0 Å². The molecule has 0 spiro atoms. The largest absolute Gasteiger partial charge is 0.149 e. The van der Waals surface area contributed by atoms with Gasteiger partial charge in [0.05, 0.1) is 10.5 Å². The van der Waals surface area contributed by atoms with Gasteiger partial charge >= 0.3 is 0 Å². The third-order valence-corrected chi connectivity index (χ3v) is 11.3. The lowest BCUT2D eigenvalue weighted by Crippen LogP contribution is -2.16. The summed E-state index contributed by atoms with van der Waals surface area (Å²) in [6, 6.07) is 28.2. The molecule has 0 saturated heterocycles. The number of thioether (sulfide) groups is 2. The second-order valence-corrected chi connectivity index (χ2v) is 14.1. The number of rotatable bonds is 16. The minimum absolute atomic E-state index is 0.417. The Balaban J connectivity index is 1.45. The molecule has 2 heteroatoms. The van der Waals surface area contributed by atoms with Gasteiger partial charge in [0.1, 0.15) is 0 Å². The van der Waals surface area contributed by atoms with E-state index in [1.807, 2.05) is 0 Å². The molecule has 0 amide bonds. The summed E-state index contributed by atoms with van der Waals surface area (Å²) in [7, 11) is 0. The third kappa shape index (κ3) is 7.29. The summed E-state index contributed by atoms with van der Waals surface area (Å²) >= 11 is 4.39. The monoisotopic (exact) mass is 568 g/mol. The highest BCUT2D eigenvalue weighted by Crippen LogP contribution is 2.54. The summed E-state index contributed by atoms with van der Waals surface area (Å²) in [6.07, 6.45) is 16.4. The van der Waals surface area contributed by atoms with Crippen molar-refractivity contribution in [1.82, 2.24) is 0 Å². The fourth-order valence-electron chi connectivity index (χ4n) is 6.32. The molecule has 4 aromatic carbocycles. The summed E-state index contributed by atoms with van der Waals surface area (Å²) in [4.78, 5) is 0. The minimum atomic E-state index is 0.417. The van der Waals surface area contributed by atoms with E-state index in [2.05, 4.69) is 110 Å². The normalized spacial score (nSPS) is 16.4. The zero-order valence-electron chi connectivity index (χ0n) is 24.8. The number of hydrogen-bond donors (Lipinski definition) is 0. The van der Waals surface area contributed by atoms with Crippen LogP contribution in [-0.2, 0) is 0 Å². The van der Waals surface area contributed by atoms with Crippen molar-refractivity contribution in [2.24, 2.45) is 0 Å². The van der Waals surface area contributed by atoms with Gasteiger partial charge in [-0.25, -0.2) is 0 Å². The van der Waals surface area contributed by atoms with Gasteiger partial charge in [-0.05, 0) is 92.4 Å². The maximum absolute atomic E-state index is 2.54. The zero-order valence-corrected chi connectivity index (χ0v) is 26.4. The van der Waals surface area contributed by atoms with E-state index < -0.39 is 0 Å². The van der Waals surface area contributed by atoms with E-state index in [1.54, 1.807) is 22.3 Å². The van der Waals surface area contributed by atoms with Gasteiger partial charge in [-0.1, -0.05) is 127 Å². The molecule has 40 heavy (non-hydrogen) atoms. The van der Waals surface area contributed by atoms with E-state index in [0.717, 1.165) is 0 Å². The highest BCUT2D eigenvalue weighted by molar-refractivity contribution is 8.00. The first kappa shape index (κ1) is 29.6. The summed E-state index contributed by atoms with van der Waals surface area (Å²) in [5.74, 6) is 2.48. The Kier molecular flexibility index (Phi) is 11.4. The molecule has 0 aliphatic heterocycles. The highest BCUT2D eigenvalue weighted by Gasteiger charge is 2.33. The number of benzene rings is 4. The van der Waals surface area contributed by atoms with Crippen LogP contribution in [0.25, 0.3) is 21.5 Å². The van der Waals surface area contributed by atoms with Crippen LogP contribution in [0, 0.1) is 0 Å². The Labute approximate surface area is 252 Å². The maximum atomic E-state index is 2.54. The highest BCUT2D eigenvalue weighted by atomic mass is 32.2. The quantitative estimate of drug-likeness (QED) is 0.123. The first-order chi connectivity index (χ1) is 19.8. The average molecular weight is 569 g/mol. The average Bonchev–Trinajstić information content (AvgIpc) is 2.99. The Morgan fingerprint density at radius 1 is 0.425 bits per heavy atom. The van der Waals surface area contributed by atoms with Gasteiger partial charge in [-0.15, -0.1) is 23.5 Å². The van der Waals surface area contributed by atoms with Gasteiger partial charge in [0.15, 0.2) is 0 Å². The van der Waals surface area contributed by atoms with Crippen LogP contribution in [-0.4, -0.2) is 11.5 Å². The second-order valence-electron chi connectivity index (χ2n) is 11.7. The molecular formula is C38H48S2. The summed E-state index contributed by atoms with van der Waals surface area (Å²) in [5, 5.41) is 6.37. The molecule has 1 aliphatic carbocycles. The topological polar surface area (TPSA) is 0 Å². The first-order valence-corrected chi connectivity index (χ1v) is 18.2. The molecule has 0 heterocycles. The minimum Gasteiger partial charge on any atom is -0.149 e. The van der Waals surface area contributed by atoms with Gasteiger partial charge in [0, 0.05) is 0 Å². The maximum Gasteiger partial charge on any atom is 0.0553 e. The van der Waals surface area contributed by atoms with Gasteiger partial charge in [0.25, 0.3) is 0 Å². The summed E-state index contributed by atoms with van der Waals surface area (Å²) in [6.45, 7) is 4.61. The SMILES string of the molecule is CCCCCCCCSC1c2cc3ccccc3cc2C(SCCCCCCCC)c2cc3ccccc3cc21. The zero-order chi connectivity index (χ0) is 27.6. The smallest absolute Gasteiger partial charge is 0.0553 e. The predicted octanol–water partition coefficient (Wildman–Crippen LogP) is 12.7. The Morgan fingerprint density at radius 2 is 0.725 bits per heavy atom. The van der Waals surface area contributed by atoms with Crippen molar-refractivity contribution in [3.63, 3.8) is 0 Å². The van der Waals surface area contributed by atoms with E-state index in [4.69, 9.17) is 0 Å². The van der Waals surface area contributed by atoms with Crippen LogP contribution in [0.4, 0.5) is 0 Å². The van der Waals surface area contributed by atoms with Gasteiger partial charge < -0.3 is 0 Å². The molecule has 0 bridgehead atoms. The summed E-state index contributed by atoms with van der Waals surface area (Å²) < 4.78 is 0. The predicted molar refractivity (Wildman–Crippen MR) is 183 cm³/mol. The van der Waals surface area contributed by atoms with Crippen molar-refractivity contribution in [1.29, 1.82) is 0 Å². The lowest BCUT2D eigenvalue weighted by atomic mass is 9.82. The summed E-state index contributed by atoms with van der Waals surface area (Å²) in [5.41, 5.74) is 6.27. The van der Waals surface area contributed by atoms with E-state index in [1.165, 1.54) is 110 Å². The van der Waals surface area contributed by atoms with E-state index in [-0.39, 0.29) is 0 Å². The molecule has 1 aliphatic rings. The van der Waals surface area contributed by atoms with Crippen molar-refractivity contribution in [3.8, 4) is 0 Å². The molecule has 212 valence electrons. The molecule has 0 nitrogen and oxygen atoms in total. The molecule has 0 saturated carbocycles. The molecule has 0 atom stereocenters.